The van der Waals surface area contributed by atoms with Crippen molar-refractivity contribution in [1.82, 2.24) is 10.2 Å². The number of thioether (sulfide) groups is 1. The molecule has 0 aliphatic carbocycles. The van der Waals surface area contributed by atoms with E-state index in [1.165, 1.54) is 62.3 Å². The second kappa shape index (κ2) is 11.1. The highest BCUT2D eigenvalue weighted by atomic mass is 32.2. The smallest absolute Gasteiger partial charge is 0.416 e. The molecule has 2 aromatic rings. The molecule has 0 aromatic heterocycles. The van der Waals surface area contributed by atoms with E-state index in [4.69, 9.17) is 14.2 Å². The maximum absolute atomic E-state index is 13.8. The van der Waals surface area contributed by atoms with E-state index in [0.717, 1.165) is 18.6 Å². The molecule has 0 bridgehead atoms. The summed E-state index contributed by atoms with van der Waals surface area (Å²) in [6.07, 6.45) is -3.76. The van der Waals surface area contributed by atoms with Crippen molar-refractivity contribution in [3.63, 3.8) is 0 Å². The van der Waals surface area contributed by atoms with Gasteiger partial charge < -0.3 is 24.4 Å². The molecule has 1 heterocycles. The van der Waals surface area contributed by atoms with Gasteiger partial charge in [-0.15, -0.1) is 11.8 Å². The number of amides is 2. The Morgan fingerprint density at radius 3 is 2.14 bits per heavy atom. The summed E-state index contributed by atoms with van der Waals surface area (Å²) in [5, 5.41) is 2.15. The van der Waals surface area contributed by atoms with Crippen molar-refractivity contribution in [3.05, 3.63) is 53.1 Å². The quantitative estimate of drug-likeness (QED) is 0.561. The molecule has 1 aliphatic heterocycles. The van der Waals surface area contributed by atoms with Crippen LogP contribution in [0.3, 0.4) is 0 Å². The molecule has 1 saturated heterocycles. The molecule has 2 unspecified atom stereocenters. The number of hydrogen-bond donors (Lipinski definition) is 1. The molecule has 0 radical (unpaired) electrons. The van der Waals surface area contributed by atoms with Gasteiger partial charge in [0.15, 0.2) is 11.5 Å². The maximum atomic E-state index is 13.8. The first-order valence-corrected chi connectivity index (χ1v) is 11.9. The Kier molecular flexibility index (Phi) is 8.42. The molecule has 1 fully saturated rings. The molecular formula is C24H27F3N2O5S. The molecule has 0 saturated carbocycles. The number of halogens is 3. The van der Waals surface area contributed by atoms with Crippen LogP contribution in [0.5, 0.6) is 17.2 Å². The van der Waals surface area contributed by atoms with Crippen LogP contribution in [-0.4, -0.2) is 56.4 Å². The molecule has 2 aromatic carbocycles. The van der Waals surface area contributed by atoms with Crippen molar-refractivity contribution in [2.24, 2.45) is 0 Å². The van der Waals surface area contributed by atoms with Crippen molar-refractivity contribution < 1.29 is 37.0 Å². The lowest BCUT2D eigenvalue weighted by Crippen LogP contribution is -2.48. The zero-order valence-electron chi connectivity index (χ0n) is 19.8. The molecule has 2 atom stereocenters. The number of methoxy groups -OCH3 is 3. The molecule has 3 rings (SSSR count). The highest BCUT2D eigenvalue weighted by Gasteiger charge is 2.43. The van der Waals surface area contributed by atoms with Crippen LogP contribution in [0.15, 0.2) is 36.4 Å². The van der Waals surface area contributed by atoms with Crippen molar-refractivity contribution in [1.29, 1.82) is 0 Å². The normalized spacial score (nSPS) is 17.7. The molecule has 2 amide bonds. The van der Waals surface area contributed by atoms with Crippen molar-refractivity contribution in [2.75, 3.05) is 33.6 Å². The number of carbonyl (C=O) groups is 2. The minimum Gasteiger partial charge on any atom is -0.493 e. The number of nitrogens with zero attached hydrogens (tertiary/aromatic N) is 1. The molecular weight excluding hydrogens is 485 g/mol. The zero-order chi connectivity index (χ0) is 25.8. The summed E-state index contributed by atoms with van der Waals surface area (Å²) in [4.78, 5) is 28.1. The topological polar surface area (TPSA) is 77.1 Å². The second-order valence-corrected chi connectivity index (χ2v) is 8.85. The van der Waals surface area contributed by atoms with Crippen molar-refractivity contribution in [2.45, 2.75) is 30.9 Å². The van der Waals surface area contributed by atoms with Crippen LogP contribution in [0, 0.1) is 0 Å². The van der Waals surface area contributed by atoms with Gasteiger partial charge in [0.05, 0.1) is 26.9 Å². The largest absolute Gasteiger partial charge is 0.493 e. The molecule has 0 spiro atoms. The number of carbonyl (C=O) groups excluding carboxylic acids is 2. The van der Waals surface area contributed by atoms with Gasteiger partial charge in [0.2, 0.25) is 11.7 Å². The van der Waals surface area contributed by atoms with Crippen LogP contribution in [-0.2, 0) is 11.0 Å². The number of nitrogens with one attached hydrogen (secondary N) is 1. The molecule has 190 valence electrons. The Balaban J connectivity index is 2.04. The van der Waals surface area contributed by atoms with E-state index >= 15 is 0 Å². The average Bonchev–Trinajstić information content (AvgIpc) is 3.30. The van der Waals surface area contributed by atoms with Crippen LogP contribution in [0.4, 0.5) is 13.2 Å². The lowest BCUT2D eigenvalue weighted by molar-refractivity contribution is -0.137. The number of ether oxygens (including phenoxy) is 3. The third-order valence-corrected chi connectivity index (χ3v) is 6.84. The van der Waals surface area contributed by atoms with Crippen LogP contribution in [0.2, 0.25) is 0 Å². The van der Waals surface area contributed by atoms with E-state index in [0.29, 0.717) is 17.9 Å². The van der Waals surface area contributed by atoms with E-state index in [1.54, 1.807) is 0 Å². The summed E-state index contributed by atoms with van der Waals surface area (Å²) in [5.74, 6) is 0.307. The fourth-order valence-electron chi connectivity index (χ4n) is 3.77. The molecule has 7 nitrogen and oxygen atoms in total. The predicted molar refractivity (Wildman–Crippen MR) is 126 cm³/mol. The monoisotopic (exact) mass is 512 g/mol. The molecule has 1 aliphatic rings. The van der Waals surface area contributed by atoms with Gasteiger partial charge in [0, 0.05) is 17.9 Å². The third kappa shape index (κ3) is 5.61. The van der Waals surface area contributed by atoms with E-state index < -0.39 is 29.1 Å². The Hall–Kier alpha value is -3.08. The summed E-state index contributed by atoms with van der Waals surface area (Å²) >= 11 is 1.31. The fourth-order valence-corrected chi connectivity index (χ4v) is 5.20. The minimum absolute atomic E-state index is 0.187. The first kappa shape index (κ1) is 26.5. The minimum atomic E-state index is -4.48. The summed E-state index contributed by atoms with van der Waals surface area (Å²) in [5.41, 5.74) is -0.120. The number of benzene rings is 2. The van der Waals surface area contributed by atoms with Gasteiger partial charge in [-0.05, 0) is 36.2 Å². The van der Waals surface area contributed by atoms with Crippen molar-refractivity contribution >= 4 is 23.6 Å². The van der Waals surface area contributed by atoms with Gasteiger partial charge in [-0.25, -0.2) is 0 Å². The number of rotatable bonds is 8. The molecule has 11 heteroatoms. The number of alkyl halides is 3. The Labute approximate surface area is 205 Å². The summed E-state index contributed by atoms with van der Waals surface area (Å²) in [6, 6.07) is 6.77. The van der Waals surface area contributed by atoms with Crippen LogP contribution in [0.1, 0.15) is 40.2 Å². The third-order valence-electron chi connectivity index (χ3n) is 5.52. The van der Waals surface area contributed by atoms with E-state index in [9.17, 15) is 22.8 Å². The second-order valence-electron chi connectivity index (χ2n) is 7.74. The van der Waals surface area contributed by atoms with E-state index in [2.05, 4.69) is 5.32 Å². The summed E-state index contributed by atoms with van der Waals surface area (Å²) in [7, 11) is 4.28. The highest BCUT2D eigenvalue weighted by Crippen LogP contribution is 2.45. The summed E-state index contributed by atoms with van der Waals surface area (Å²) in [6.45, 7) is 2.35. The van der Waals surface area contributed by atoms with Gasteiger partial charge in [0.25, 0.3) is 5.91 Å². The SMILES string of the molecule is CCCNC(=O)C1CSC(c2ccc(C(F)(F)F)cc2)N1C(=O)c1cc(OC)c(OC)c(OC)c1. The maximum Gasteiger partial charge on any atom is 0.416 e. The average molecular weight is 513 g/mol. The first-order valence-electron chi connectivity index (χ1n) is 10.8. The Morgan fingerprint density at radius 1 is 1.06 bits per heavy atom. The Morgan fingerprint density at radius 2 is 1.66 bits per heavy atom. The predicted octanol–water partition coefficient (Wildman–Crippen LogP) is 4.51. The standard InChI is InChI=1S/C24H27F3N2O5S/c1-5-10-28-21(30)17-13-35-23(14-6-8-16(9-7-14)24(25,26)27)29(17)22(31)15-11-18(32-2)20(34-4)19(12-15)33-3/h6-9,11-12,17,23H,5,10,13H2,1-4H3,(H,28,30). The van der Waals surface area contributed by atoms with Gasteiger partial charge in [0.1, 0.15) is 11.4 Å². The highest BCUT2D eigenvalue weighted by molar-refractivity contribution is 7.99. The number of hydrogen-bond acceptors (Lipinski definition) is 6. The van der Waals surface area contributed by atoms with Crippen LogP contribution >= 0.6 is 11.8 Å². The fraction of sp³-hybridized carbons (Fsp3) is 0.417. The lowest BCUT2D eigenvalue weighted by atomic mass is 10.1. The van der Waals surface area contributed by atoms with E-state index in [1.807, 2.05) is 6.92 Å². The van der Waals surface area contributed by atoms with E-state index in [-0.39, 0.29) is 28.7 Å². The summed E-state index contributed by atoms with van der Waals surface area (Å²) < 4.78 is 55.2. The zero-order valence-corrected chi connectivity index (χ0v) is 20.6. The Bertz CT molecular complexity index is 1040. The van der Waals surface area contributed by atoms with Gasteiger partial charge in [-0.3, -0.25) is 9.59 Å². The van der Waals surface area contributed by atoms with Crippen LogP contribution < -0.4 is 19.5 Å². The van der Waals surface area contributed by atoms with Crippen LogP contribution in [0.25, 0.3) is 0 Å². The van der Waals surface area contributed by atoms with Crippen molar-refractivity contribution in [3.8, 4) is 17.2 Å². The molecule has 35 heavy (non-hydrogen) atoms. The van der Waals surface area contributed by atoms with Gasteiger partial charge in [-0.1, -0.05) is 19.1 Å². The lowest BCUT2D eigenvalue weighted by Gasteiger charge is -2.29. The van der Waals surface area contributed by atoms with Gasteiger partial charge >= 0.3 is 6.18 Å². The molecule has 1 N–H and O–H groups in total. The first-order chi connectivity index (χ1) is 16.7. The van der Waals surface area contributed by atoms with Gasteiger partial charge in [-0.2, -0.15) is 13.2 Å².